The van der Waals surface area contributed by atoms with Crippen molar-refractivity contribution in [3.63, 3.8) is 0 Å². The van der Waals surface area contributed by atoms with Gasteiger partial charge in [-0.2, -0.15) is 0 Å². The van der Waals surface area contributed by atoms with Crippen molar-refractivity contribution < 1.29 is 4.79 Å². The van der Waals surface area contributed by atoms with Gasteiger partial charge >= 0.3 is 0 Å². The molecule has 35 heavy (non-hydrogen) atoms. The summed E-state index contributed by atoms with van der Waals surface area (Å²) in [4.78, 5) is 31.5. The summed E-state index contributed by atoms with van der Waals surface area (Å²) in [5.74, 6) is -0.177. The normalized spacial score (nSPS) is 18.5. The maximum atomic E-state index is 13.7. The zero-order valence-electron chi connectivity index (χ0n) is 19.8. The Balaban J connectivity index is 1.73. The van der Waals surface area contributed by atoms with Crippen LogP contribution in [-0.4, -0.2) is 21.3 Å². The summed E-state index contributed by atoms with van der Waals surface area (Å²) >= 11 is 8.26. The van der Waals surface area contributed by atoms with E-state index in [1.54, 1.807) is 9.47 Å². The molecule has 1 fully saturated rings. The number of thiazole rings is 1. The summed E-state index contributed by atoms with van der Waals surface area (Å²) in [6.07, 6.45) is 4.85. The van der Waals surface area contributed by atoms with Crippen molar-refractivity contribution in [3.8, 4) is 0 Å². The van der Waals surface area contributed by atoms with Gasteiger partial charge in [0, 0.05) is 18.8 Å². The SMILES string of the molecule is CCCn1c(=O)/c(=C2/C=Cc3ccccc3N2CC)s/c1=C1/SC(=S)N(c2ccc(C)cc2)C1=O. The van der Waals surface area contributed by atoms with Crippen LogP contribution in [0.25, 0.3) is 16.7 Å². The van der Waals surface area contributed by atoms with E-state index in [1.807, 2.05) is 56.3 Å². The highest BCUT2D eigenvalue weighted by Gasteiger charge is 2.35. The van der Waals surface area contributed by atoms with Crippen LogP contribution in [0.3, 0.4) is 0 Å². The summed E-state index contributed by atoms with van der Waals surface area (Å²) in [6, 6.07) is 15.9. The molecule has 3 aromatic rings. The lowest BCUT2D eigenvalue weighted by atomic mass is 10.1. The fourth-order valence-corrected chi connectivity index (χ4v) is 7.04. The Morgan fingerprint density at radius 3 is 2.43 bits per heavy atom. The number of anilines is 2. The number of carbonyl (C=O) groups is 1. The molecule has 8 heteroatoms. The minimum atomic E-state index is -0.177. The molecule has 5 rings (SSSR count). The average molecular weight is 520 g/mol. The molecule has 2 aliphatic rings. The molecule has 0 aliphatic carbocycles. The highest BCUT2D eigenvalue weighted by molar-refractivity contribution is 8.31. The number of fused-ring (bicyclic) bond motifs is 1. The number of thioether (sulfide) groups is 1. The van der Waals surface area contributed by atoms with E-state index >= 15 is 0 Å². The lowest BCUT2D eigenvalue weighted by Gasteiger charge is -2.28. The van der Waals surface area contributed by atoms with Crippen molar-refractivity contribution >= 4 is 73.6 Å². The summed E-state index contributed by atoms with van der Waals surface area (Å²) in [5, 5.41) is 0. The van der Waals surface area contributed by atoms with Gasteiger partial charge in [0.1, 0.15) is 14.1 Å². The molecular weight excluding hydrogens is 495 g/mol. The topological polar surface area (TPSA) is 45.6 Å². The van der Waals surface area contributed by atoms with E-state index in [1.165, 1.54) is 23.1 Å². The second-order valence-electron chi connectivity index (χ2n) is 8.39. The quantitative estimate of drug-likeness (QED) is 0.476. The number of aryl methyl sites for hydroxylation is 1. The third kappa shape index (κ3) is 4.09. The van der Waals surface area contributed by atoms with Gasteiger partial charge < -0.3 is 4.90 Å². The number of hydrogen-bond acceptors (Lipinski definition) is 6. The molecule has 0 atom stereocenters. The molecule has 3 heterocycles. The number of para-hydroxylation sites is 1. The number of likely N-dealkylation sites (N-methyl/N-ethyl adjacent to an activating group) is 1. The number of aromatic nitrogens is 1. The minimum Gasteiger partial charge on any atom is -0.340 e. The second kappa shape index (κ2) is 9.60. The zero-order chi connectivity index (χ0) is 24.7. The van der Waals surface area contributed by atoms with Gasteiger partial charge in [0.15, 0.2) is 4.32 Å². The largest absolute Gasteiger partial charge is 0.340 e. The van der Waals surface area contributed by atoms with Crippen molar-refractivity contribution in [3.05, 3.63) is 85.3 Å². The Labute approximate surface area is 217 Å². The first-order valence-electron chi connectivity index (χ1n) is 11.6. The number of amides is 1. The molecule has 2 aromatic carbocycles. The molecule has 0 N–H and O–H groups in total. The van der Waals surface area contributed by atoms with Crippen molar-refractivity contribution in [2.75, 3.05) is 16.3 Å². The third-order valence-corrected chi connectivity index (χ3v) is 8.77. The zero-order valence-corrected chi connectivity index (χ0v) is 22.2. The van der Waals surface area contributed by atoms with E-state index in [0.717, 1.165) is 41.2 Å². The summed E-state index contributed by atoms with van der Waals surface area (Å²) in [5.41, 5.74) is 4.86. The number of rotatable bonds is 4. The molecule has 1 saturated heterocycles. The molecule has 1 amide bonds. The Hall–Kier alpha value is -2.94. The predicted octanol–water partition coefficient (Wildman–Crippen LogP) is 4.46. The van der Waals surface area contributed by atoms with E-state index < -0.39 is 0 Å². The van der Waals surface area contributed by atoms with Gasteiger partial charge in [0.2, 0.25) is 0 Å². The number of benzene rings is 2. The van der Waals surface area contributed by atoms with Gasteiger partial charge in [-0.05, 0) is 50.1 Å². The van der Waals surface area contributed by atoms with Gasteiger partial charge in [-0.25, -0.2) is 0 Å². The van der Waals surface area contributed by atoms with Crippen molar-refractivity contribution in [2.24, 2.45) is 0 Å². The molecule has 5 nitrogen and oxygen atoms in total. The Morgan fingerprint density at radius 1 is 0.971 bits per heavy atom. The maximum absolute atomic E-state index is 13.7. The van der Waals surface area contributed by atoms with Gasteiger partial charge in [0.05, 0.1) is 11.4 Å². The predicted molar refractivity (Wildman–Crippen MR) is 152 cm³/mol. The van der Waals surface area contributed by atoms with Crippen LogP contribution in [-0.2, 0) is 11.3 Å². The molecule has 2 aliphatic heterocycles. The lowest BCUT2D eigenvalue weighted by molar-refractivity contribution is -0.112. The van der Waals surface area contributed by atoms with Crippen molar-refractivity contribution in [1.82, 2.24) is 4.57 Å². The van der Waals surface area contributed by atoms with E-state index in [2.05, 4.69) is 30.0 Å². The average Bonchev–Trinajstić information content (AvgIpc) is 3.34. The highest BCUT2D eigenvalue weighted by atomic mass is 32.2. The fraction of sp³-hybridized carbons (Fsp3) is 0.222. The van der Waals surface area contributed by atoms with Crippen molar-refractivity contribution in [2.45, 2.75) is 33.7 Å². The number of nitrogens with zero attached hydrogens (tertiary/aromatic N) is 3. The Morgan fingerprint density at radius 2 is 1.71 bits per heavy atom. The van der Waals surface area contributed by atoms with Crippen LogP contribution >= 0.6 is 35.3 Å². The first-order chi connectivity index (χ1) is 16.9. The molecule has 0 bridgehead atoms. The number of hydrogen-bond donors (Lipinski definition) is 0. The van der Waals surface area contributed by atoms with Crippen LogP contribution in [0.15, 0.2) is 59.4 Å². The number of carbonyl (C=O) groups excluding carboxylic acids is 1. The van der Waals surface area contributed by atoms with E-state index in [-0.39, 0.29) is 11.5 Å². The van der Waals surface area contributed by atoms with Crippen LogP contribution in [0.1, 0.15) is 31.4 Å². The first kappa shape index (κ1) is 23.8. The molecule has 0 unspecified atom stereocenters. The Bertz CT molecular complexity index is 1550. The molecule has 178 valence electrons. The van der Waals surface area contributed by atoms with Crippen LogP contribution in [0.2, 0.25) is 0 Å². The van der Waals surface area contributed by atoms with E-state index in [9.17, 15) is 9.59 Å². The van der Waals surface area contributed by atoms with E-state index in [0.29, 0.717) is 25.0 Å². The molecule has 0 spiro atoms. The minimum absolute atomic E-state index is 0.0649. The van der Waals surface area contributed by atoms with Crippen molar-refractivity contribution in [1.29, 1.82) is 0 Å². The second-order valence-corrected chi connectivity index (χ2v) is 11.0. The third-order valence-electron chi connectivity index (χ3n) is 6.07. The highest BCUT2D eigenvalue weighted by Crippen LogP contribution is 2.35. The standard InChI is InChI=1S/C27H25N3O2S3/c1-4-16-29-24(31)22(21-15-12-18-8-6-7-9-20(18)28(21)5-2)34-26(29)23-25(32)30(27(33)35-23)19-13-10-17(3)11-14-19/h6-15H,4-5,16H2,1-3H3/b22-21+,26-23+. The van der Waals surface area contributed by atoms with Gasteiger partial charge in [-0.3, -0.25) is 19.1 Å². The van der Waals surface area contributed by atoms with Crippen LogP contribution < -0.4 is 24.6 Å². The van der Waals surface area contributed by atoms with Gasteiger partial charge in [-0.15, -0.1) is 11.3 Å². The maximum Gasteiger partial charge on any atom is 0.273 e. The monoisotopic (exact) mass is 519 g/mol. The smallest absolute Gasteiger partial charge is 0.273 e. The first-order valence-corrected chi connectivity index (χ1v) is 13.6. The van der Waals surface area contributed by atoms with Crippen LogP contribution in [0.4, 0.5) is 11.4 Å². The number of thiocarbonyl (C=S) groups is 1. The van der Waals surface area contributed by atoms with Gasteiger partial charge in [0.25, 0.3) is 11.5 Å². The molecule has 0 radical (unpaired) electrons. The molecular formula is C27H25N3O2S3. The molecule has 1 aromatic heterocycles. The molecule has 0 saturated carbocycles. The lowest BCUT2D eigenvalue weighted by Crippen LogP contribution is -2.37. The van der Waals surface area contributed by atoms with Crippen LogP contribution in [0.5, 0.6) is 0 Å². The summed E-state index contributed by atoms with van der Waals surface area (Å²) in [6.45, 7) is 7.39. The summed E-state index contributed by atoms with van der Waals surface area (Å²) < 4.78 is 3.54. The van der Waals surface area contributed by atoms with E-state index in [4.69, 9.17) is 12.2 Å². The van der Waals surface area contributed by atoms with Crippen LogP contribution in [0, 0.1) is 6.92 Å². The fourth-order valence-electron chi connectivity index (χ4n) is 4.38. The summed E-state index contributed by atoms with van der Waals surface area (Å²) in [7, 11) is 0. The Kier molecular flexibility index (Phi) is 6.53. The van der Waals surface area contributed by atoms with Gasteiger partial charge in [-0.1, -0.05) is 72.9 Å².